The first-order valence-electron chi connectivity index (χ1n) is 6.16. The Kier molecular flexibility index (Phi) is 3.53. The van der Waals surface area contributed by atoms with Crippen LogP contribution in [-0.2, 0) is 0 Å². The van der Waals surface area contributed by atoms with Gasteiger partial charge in [0.15, 0.2) is 0 Å². The quantitative estimate of drug-likeness (QED) is 0.442. The number of rotatable bonds is 3. The molecule has 0 aliphatic carbocycles. The molecule has 6 heteroatoms. The van der Waals surface area contributed by atoms with Gasteiger partial charge < -0.3 is 5.73 Å². The molecule has 3 rings (SSSR count). The Morgan fingerprint density at radius 1 is 1.14 bits per heavy atom. The van der Waals surface area contributed by atoms with Crippen LogP contribution in [0.3, 0.4) is 0 Å². The number of aromatic nitrogens is 2. The fraction of sp³-hybridized carbons (Fsp3) is 0. The fourth-order valence-corrected chi connectivity index (χ4v) is 2.80. The van der Waals surface area contributed by atoms with Crippen LogP contribution in [0.5, 0.6) is 0 Å². The first-order valence-corrected chi connectivity index (χ1v) is 6.98. The standard InChI is InChI=1S/C15H11FN4S/c16-11-7-9(14(17)18)5-6-13(11)21-15-10-3-1-2-4-12(10)19-8-20-15/h1-8H,(H3,17,18). The molecule has 0 saturated heterocycles. The van der Waals surface area contributed by atoms with Crippen LogP contribution >= 0.6 is 11.8 Å². The molecule has 2 aromatic carbocycles. The van der Waals surface area contributed by atoms with Crippen molar-refractivity contribution in [2.45, 2.75) is 9.92 Å². The van der Waals surface area contributed by atoms with Gasteiger partial charge in [0.2, 0.25) is 0 Å². The van der Waals surface area contributed by atoms with Crippen molar-refractivity contribution in [2.24, 2.45) is 5.73 Å². The van der Waals surface area contributed by atoms with Crippen LogP contribution in [0.15, 0.2) is 58.7 Å². The number of nitrogens with zero attached hydrogens (tertiary/aromatic N) is 2. The van der Waals surface area contributed by atoms with E-state index in [2.05, 4.69) is 9.97 Å². The zero-order valence-electron chi connectivity index (χ0n) is 10.9. The Morgan fingerprint density at radius 3 is 2.71 bits per heavy atom. The minimum absolute atomic E-state index is 0.155. The van der Waals surface area contributed by atoms with Crippen molar-refractivity contribution >= 4 is 28.5 Å². The van der Waals surface area contributed by atoms with Gasteiger partial charge in [-0.3, -0.25) is 5.41 Å². The Labute approximate surface area is 124 Å². The average molecular weight is 298 g/mol. The van der Waals surface area contributed by atoms with E-state index in [9.17, 15) is 4.39 Å². The third-order valence-electron chi connectivity index (χ3n) is 2.96. The summed E-state index contributed by atoms with van der Waals surface area (Å²) in [6.07, 6.45) is 1.46. The summed E-state index contributed by atoms with van der Waals surface area (Å²) in [5.74, 6) is -0.576. The molecular weight excluding hydrogens is 287 g/mol. The van der Waals surface area contributed by atoms with Crippen LogP contribution in [-0.4, -0.2) is 15.8 Å². The van der Waals surface area contributed by atoms with Crippen LogP contribution in [0, 0.1) is 11.2 Å². The number of nitrogens with two attached hydrogens (primary N) is 1. The van der Waals surface area contributed by atoms with E-state index >= 15 is 0 Å². The van der Waals surface area contributed by atoms with Gasteiger partial charge in [0.05, 0.1) is 5.52 Å². The highest BCUT2D eigenvalue weighted by atomic mass is 32.2. The van der Waals surface area contributed by atoms with Gasteiger partial charge >= 0.3 is 0 Å². The van der Waals surface area contributed by atoms with Crippen molar-refractivity contribution in [3.05, 3.63) is 60.2 Å². The number of halogens is 1. The molecule has 1 aromatic heterocycles. The lowest BCUT2D eigenvalue weighted by molar-refractivity contribution is 0.601. The van der Waals surface area contributed by atoms with Gasteiger partial charge in [-0.1, -0.05) is 30.0 Å². The summed E-state index contributed by atoms with van der Waals surface area (Å²) in [6, 6.07) is 12.1. The van der Waals surface area contributed by atoms with E-state index in [0.29, 0.717) is 15.5 Å². The van der Waals surface area contributed by atoms with E-state index in [-0.39, 0.29) is 5.84 Å². The first kappa shape index (κ1) is 13.5. The lowest BCUT2D eigenvalue weighted by atomic mass is 10.2. The van der Waals surface area contributed by atoms with E-state index in [1.54, 1.807) is 12.1 Å². The lowest BCUT2D eigenvalue weighted by Gasteiger charge is -2.06. The van der Waals surface area contributed by atoms with E-state index in [4.69, 9.17) is 11.1 Å². The van der Waals surface area contributed by atoms with Gasteiger partial charge in [-0.25, -0.2) is 14.4 Å². The molecule has 0 aliphatic rings. The number of nitrogen functional groups attached to an aromatic ring is 1. The molecule has 0 radical (unpaired) electrons. The second-order valence-corrected chi connectivity index (χ2v) is 5.39. The molecule has 0 saturated carbocycles. The number of fused-ring (bicyclic) bond motifs is 1. The van der Waals surface area contributed by atoms with E-state index < -0.39 is 5.82 Å². The van der Waals surface area contributed by atoms with Gasteiger partial charge in [-0.05, 0) is 24.3 Å². The van der Waals surface area contributed by atoms with Crippen molar-refractivity contribution in [2.75, 3.05) is 0 Å². The highest BCUT2D eigenvalue weighted by Crippen LogP contribution is 2.32. The largest absolute Gasteiger partial charge is 0.384 e. The summed E-state index contributed by atoms with van der Waals surface area (Å²) >= 11 is 1.23. The molecular formula is C15H11FN4S. The molecule has 0 fully saturated rings. The molecule has 4 nitrogen and oxygen atoms in total. The molecule has 3 N–H and O–H groups in total. The normalized spacial score (nSPS) is 10.7. The minimum Gasteiger partial charge on any atom is -0.384 e. The number of amidine groups is 1. The van der Waals surface area contributed by atoms with E-state index in [1.165, 1.54) is 24.2 Å². The Balaban J connectivity index is 2.01. The molecule has 21 heavy (non-hydrogen) atoms. The highest BCUT2D eigenvalue weighted by Gasteiger charge is 2.10. The smallest absolute Gasteiger partial charge is 0.137 e. The molecule has 0 bridgehead atoms. The topological polar surface area (TPSA) is 75.7 Å². The Bertz CT molecular complexity index is 830. The molecule has 0 amide bonds. The van der Waals surface area contributed by atoms with Crippen LogP contribution in [0.2, 0.25) is 0 Å². The number of benzene rings is 2. The molecule has 3 aromatic rings. The molecule has 0 unspecified atom stereocenters. The van der Waals surface area contributed by atoms with Crippen LogP contribution in [0.1, 0.15) is 5.56 Å². The summed E-state index contributed by atoms with van der Waals surface area (Å²) in [7, 11) is 0. The third kappa shape index (κ3) is 2.71. The SMILES string of the molecule is N=C(N)c1ccc(Sc2ncnc3ccccc23)c(F)c1. The summed E-state index contributed by atoms with van der Waals surface area (Å²) in [6.45, 7) is 0. The molecule has 104 valence electrons. The summed E-state index contributed by atoms with van der Waals surface area (Å²) in [5, 5.41) is 8.88. The maximum absolute atomic E-state index is 14.1. The van der Waals surface area contributed by atoms with Gasteiger partial charge in [-0.2, -0.15) is 0 Å². The van der Waals surface area contributed by atoms with Gasteiger partial charge in [0.1, 0.15) is 23.0 Å². The molecule has 0 atom stereocenters. The summed E-state index contributed by atoms with van der Waals surface area (Å²) < 4.78 is 14.1. The van der Waals surface area contributed by atoms with Crippen LogP contribution in [0.4, 0.5) is 4.39 Å². The van der Waals surface area contributed by atoms with Gasteiger partial charge in [-0.15, -0.1) is 0 Å². The zero-order chi connectivity index (χ0) is 14.8. The van der Waals surface area contributed by atoms with E-state index in [1.807, 2.05) is 24.3 Å². The first-order chi connectivity index (χ1) is 10.1. The second kappa shape index (κ2) is 5.49. The summed E-state index contributed by atoms with van der Waals surface area (Å²) in [5.41, 5.74) is 6.53. The lowest BCUT2D eigenvalue weighted by Crippen LogP contribution is -2.11. The number of hydrogen-bond donors (Lipinski definition) is 2. The van der Waals surface area contributed by atoms with Crippen LogP contribution < -0.4 is 5.73 Å². The predicted octanol–water partition coefficient (Wildman–Crippen LogP) is 3.20. The van der Waals surface area contributed by atoms with Crippen molar-refractivity contribution < 1.29 is 4.39 Å². The average Bonchev–Trinajstić information content (AvgIpc) is 2.49. The maximum Gasteiger partial charge on any atom is 0.137 e. The zero-order valence-corrected chi connectivity index (χ0v) is 11.7. The highest BCUT2D eigenvalue weighted by molar-refractivity contribution is 7.99. The van der Waals surface area contributed by atoms with Crippen molar-refractivity contribution in [3.63, 3.8) is 0 Å². The van der Waals surface area contributed by atoms with Crippen molar-refractivity contribution in [3.8, 4) is 0 Å². The van der Waals surface area contributed by atoms with Crippen molar-refractivity contribution in [1.82, 2.24) is 9.97 Å². The molecule has 0 spiro atoms. The number of hydrogen-bond acceptors (Lipinski definition) is 4. The number of para-hydroxylation sites is 1. The third-order valence-corrected chi connectivity index (χ3v) is 4.03. The fourth-order valence-electron chi connectivity index (χ4n) is 1.92. The molecule has 1 heterocycles. The minimum atomic E-state index is -0.421. The monoisotopic (exact) mass is 298 g/mol. The Morgan fingerprint density at radius 2 is 1.95 bits per heavy atom. The van der Waals surface area contributed by atoms with Gasteiger partial charge in [0, 0.05) is 15.8 Å². The van der Waals surface area contributed by atoms with Crippen molar-refractivity contribution in [1.29, 1.82) is 5.41 Å². The second-order valence-electron chi connectivity index (χ2n) is 4.36. The van der Waals surface area contributed by atoms with Gasteiger partial charge in [0.25, 0.3) is 0 Å². The van der Waals surface area contributed by atoms with E-state index in [0.717, 1.165) is 10.9 Å². The van der Waals surface area contributed by atoms with Crippen LogP contribution in [0.25, 0.3) is 10.9 Å². The number of nitrogens with one attached hydrogen (secondary N) is 1. The maximum atomic E-state index is 14.1. The summed E-state index contributed by atoms with van der Waals surface area (Å²) in [4.78, 5) is 8.83. The Hall–Kier alpha value is -2.47. The molecule has 0 aliphatic heterocycles. The predicted molar refractivity (Wildman–Crippen MR) is 81.1 cm³/mol.